The molecule has 0 aromatic carbocycles. The van der Waals surface area contributed by atoms with Gasteiger partial charge in [-0.05, 0) is 26.2 Å². The van der Waals surface area contributed by atoms with Crippen LogP contribution in [-0.4, -0.2) is 27.4 Å². The first-order chi connectivity index (χ1) is 8.01. The van der Waals surface area contributed by atoms with Crippen LogP contribution in [0.25, 0.3) is 0 Å². The fourth-order valence-corrected chi connectivity index (χ4v) is 2.31. The van der Waals surface area contributed by atoms with Crippen molar-refractivity contribution in [2.24, 2.45) is 5.41 Å². The SMILES string of the molecule is CC(C)(C)C(N[S@+]([O-])C(C)(C)C)C(F)(F)C(F)(F)F. The molecule has 0 aliphatic carbocycles. The van der Waals surface area contributed by atoms with E-state index in [2.05, 4.69) is 0 Å². The number of nitrogens with one attached hydrogen (secondary N) is 1. The molecule has 0 amide bonds. The van der Waals surface area contributed by atoms with Gasteiger partial charge in [-0.15, -0.1) is 4.72 Å². The van der Waals surface area contributed by atoms with Crippen LogP contribution < -0.4 is 4.72 Å². The quantitative estimate of drug-likeness (QED) is 0.638. The number of alkyl halides is 5. The lowest BCUT2D eigenvalue weighted by Gasteiger charge is -2.39. The van der Waals surface area contributed by atoms with Gasteiger partial charge in [-0.3, -0.25) is 0 Å². The molecule has 2 nitrogen and oxygen atoms in total. The van der Waals surface area contributed by atoms with Crippen LogP contribution in [-0.2, 0) is 11.4 Å². The Morgan fingerprint density at radius 3 is 1.47 bits per heavy atom. The van der Waals surface area contributed by atoms with Gasteiger partial charge in [0, 0.05) is 11.4 Å². The maximum atomic E-state index is 13.5. The largest absolute Gasteiger partial charge is 0.598 e. The molecule has 0 saturated heterocycles. The van der Waals surface area contributed by atoms with Gasteiger partial charge in [0.1, 0.15) is 10.8 Å². The van der Waals surface area contributed by atoms with E-state index in [-0.39, 0.29) is 0 Å². The van der Waals surface area contributed by atoms with Gasteiger partial charge in [-0.2, -0.15) is 22.0 Å². The van der Waals surface area contributed by atoms with Crippen molar-refractivity contribution >= 4 is 11.4 Å². The minimum Gasteiger partial charge on any atom is -0.598 e. The van der Waals surface area contributed by atoms with Crippen LogP contribution in [0.3, 0.4) is 0 Å². The average Bonchev–Trinajstić information content (AvgIpc) is 2.07. The van der Waals surface area contributed by atoms with Gasteiger partial charge in [0.05, 0.1) is 0 Å². The minimum atomic E-state index is -5.69. The maximum absolute atomic E-state index is 13.5. The zero-order valence-electron chi connectivity index (χ0n) is 11.8. The Bertz CT molecular complexity index is 306. The van der Waals surface area contributed by atoms with Crippen molar-refractivity contribution in [2.75, 3.05) is 0 Å². The Morgan fingerprint density at radius 2 is 1.26 bits per heavy atom. The van der Waals surface area contributed by atoms with E-state index in [0.29, 0.717) is 0 Å². The topological polar surface area (TPSA) is 35.1 Å². The molecular formula is C11H20F5NOS. The van der Waals surface area contributed by atoms with E-state index in [9.17, 15) is 26.5 Å². The van der Waals surface area contributed by atoms with Crippen LogP contribution in [0, 0.1) is 5.41 Å². The normalized spacial score (nSPS) is 18.3. The fourth-order valence-electron chi connectivity index (χ4n) is 1.24. The van der Waals surface area contributed by atoms with Gasteiger partial charge in [-0.1, -0.05) is 20.8 Å². The molecule has 0 bridgehead atoms. The minimum absolute atomic E-state index is 0.939. The Kier molecular flexibility index (Phi) is 5.34. The predicted molar refractivity (Wildman–Crippen MR) is 65.3 cm³/mol. The lowest BCUT2D eigenvalue weighted by Crippen LogP contribution is -2.62. The lowest BCUT2D eigenvalue weighted by atomic mass is 9.83. The Balaban J connectivity index is 5.40. The van der Waals surface area contributed by atoms with Crippen molar-refractivity contribution in [1.29, 1.82) is 0 Å². The zero-order valence-corrected chi connectivity index (χ0v) is 12.6. The third-order valence-corrected chi connectivity index (χ3v) is 3.95. The summed E-state index contributed by atoms with van der Waals surface area (Å²) in [5, 5.41) is 0. The highest BCUT2D eigenvalue weighted by Crippen LogP contribution is 2.44. The summed E-state index contributed by atoms with van der Waals surface area (Å²) in [5.74, 6) is -4.97. The van der Waals surface area contributed by atoms with E-state index in [1.807, 2.05) is 4.72 Å². The van der Waals surface area contributed by atoms with Crippen LogP contribution in [0.1, 0.15) is 41.5 Å². The molecule has 0 aliphatic rings. The molecule has 0 rings (SSSR count). The van der Waals surface area contributed by atoms with Crippen LogP contribution in [0.15, 0.2) is 0 Å². The van der Waals surface area contributed by atoms with E-state index in [1.165, 1.54) is 41.5 Å². The van der Waals surface area contributed by atoms with E-state index in [1.54, 1.807) is 0 Å². The van der Waals surface area contributed by atoms with Crippen LogP contribution in [0.2, 0.25) is 0 Å². The van der Waals surface area contributed by atoms with Gasteiger partial charge < -0.3 is 4.55 Å². The molecule has 2 atom stereocenters. The zero-order chi connectivity index (χ0) is 15.9. The predicted octanol–water partition coefficient (Wildman–Crippen LogP) is 3.65. The summed E-state index contributed by atoms with van der Waals surface area (Å²) in [5.41, 5.74) is -1.42. The number of hydrogen-bond donors (Lipinski definition) is 1. The highest BCUT2D eigenvalue weighted by Gasteiger charge is 2.66. The maximum Gasteiger partial charge on any atom is 0.455 e. The second-order valence-corrected chi connectivity index (χ2v) is 8.42. The summed E-state index contributed by atoms with van der Waals surface area (Å²) in [4.78, 5) is 0. The van der Waals surface area contributed by atoms with E-state index in [0.717, 1.165) is 0 Å². The summed E-state index contributed by atoms with van der Waals surface area (Å²) in [7, 11) is 0. The van der Waals surface area contributed by atoms with E-state index in [4.69, 9.17) is 0 Å². The van der Waals surface area contributed by atoms with Crippen molar-refractivity contribution in [1.82, 2.24) is 4.72 Å². The van der Waals surface area contributed by atoms with Gasteiger partial charge in [0.25, 0.3) is 0 Å². The van der Waals surface area contributed by atoms with Crippen molar-refractivity contribution in [3.63, 3.8) is 0 Å². The molecule has 0 aliphatic heterocycles. The van der Waals surface area contributed by atoms with Gasteiger partial charge in [0.15, 0.2) is 0 Å². The average molecular weight is 309 g/mol. The number of rotatable bonds is 3. The van der Waals surface area contributed by atoms with E-state index >= 15 is 0 Å². The molecule has 1 N–H and O–H groups in total. The monoisotopic (exact) mass is 309 g/mol. The van der Waals surface area contributed by atoms with Crippen molar-refractivity contribution in [3.8, 4) is 0 Å². The second-order valence-electron chi connectivity index (χ2n) is 6.42. The molecule has 0 spiro atoms. The molecule has 0 heterocycles. The van der Waals surface area contributed by atoms with Crippen molar-refractivity contribution in [3.05, 3.63) is 0 Å². The second kappa shape index (κ2) is 5.37. The molecule has 1 unspecified atom stereocenters. The first kappa shape index (κ1) is 18.9. The van der Waals surface area contributed by atoms with Gasteiger partial charge >= 0.3 is 12.1 Å². The van der Waals surface area contributed by atoms with Gasteiger partial charge in [-0.25, -0.2) is 0 Å². The standard InChI is InChI=1S/C11H20F5NOS/c1-8(2,3)7(10(12,13)11(14,15)16)17-19(18)9(4,5)6/h7,17H,1-6H3/t7?,19-/m1/s1. The van der Waals surface area contributed by atoms with E-state index < -0.39 is 39.7 Å². The number of halogens is 5. The summed E-state index contributed by atoms with van der Waals surface area (Å²) in [6.07, 6.45) is -5.69. The third kappa shape index (κ3) is 4.75. The molecule has 116 valence electrons. The van der Waals surface area contributed by atoms with Crippen molar-refractivity contribution in [2.45, 2.75) is 64.4 Å². The highest BCUT2D eigenvalue weighted by molar-refractivity contribution is 7.90. The molecule has 0 aromatic rings. The van der Waals surface area contributed by atoms with Crippen LogP contribution >= 0.6 is 0 Å². The molecule has 0 aromatic heterocycles. The van der Waals surface area contributed by atoms with Crippen molar-refractivity contribution < 1.29 is 26.5 Å². The Labute approximate surface area is 113 Å². The first-order valence-corrected chi connectivity index (χ1v) is 6.79. The molecule has 19 heavy (non-hydrogen) atoms. The van der Waals surface area contributed by atoms with Crippen LogP contribution in [0.4, 0.5) is 22.0 Å². The Morgan fingerprint density at radius 1 is 0.895 bits per heavy atom. The molecule has 0 fully saturated rings. The number of hydrogen-bond acceptors (Lipinski definition) is 2. The lowest BCUT2D eigenvalue weighted by molar-refractivity contribution is -0.299. The summed E-state index contributed by atoms with van der Waals surface area (Å²) in [6.45, 7) is 8.18. The third-order valence-electron chi connectivity index (χ3n) is 2.39. The first-order valence-electron chi connectivity index (χ1n) is 5.64. The Hall–Kier alpha value is -0.0800. The van der Waals surface area contributed by atoms with Crippen LogP contribution in [0.5, 0.6) is 0 Å². The molecular weight excluding hydrogens is 289 g/mol. The molecule has 8 heteroatoms. The summed E-state index contributed by atoms with van der Waals surface area (Å²) in [6, 6.07) is -2.28. The summed E-state index contributed by atoms with van der Waals surface area (Å²) >= 11 is -2.03. The molecule has 0 saturated carbocycles. The highest BCUT2D eigenvalue weighted by atomic mass is 32.2. The fraction of sp³-hybridized carbons (Fsp3) is 1.00. The van der Waals surface area contributed by atoms with Gasteiger partial charge in [0.2, 0.25) is 0 Å². The summed E-state index contributed by atoms with van der Waals surface area (Å²) < 4.78 is 77.3. The molecule has 0 radical (unpaired) electrons. The smallest absolute Gasteiger partial charge is 0.455 e.